The maximum atomic E-state index is 13.4. The zero-order valence-corrected chi connectivity index (χ0v) is 17.4. The average Bonchev–Trinajstić information content (AvgIpc) is 3.45. The molecule has 0 bridgehead atoms. The van der Waals surface area contributed by atoms with E-state index in [1.54, 1.807) is 34.3 Å². The second-order valence-corrected chi connectivity index (χ2v) is 8.99. The minimum absolute atomic E-state index is 0.0725. The van der Waals surface area contributed by atoms with Gasteiger partial charge in [0.05, 0.1) is 6.54 Å². The van der Waals surface area contributed by atoms with Crippen molar-refractivity contribution >= 4 is 29.2 Å². The third kappa shape index (κ3) is 3.43. The Bertz CT molecular complexity index is 885. The number of imide groups is 1. The van der Waals surface area contributed by atoms with Crippen molar-refractivity contribution in [2.24, 2.45) is 5.92 Å². The number of carbonyl (C=O) groups excluding carboxylic acids is 3. The van der Waals surface area contributed by atoms with Crippen LogP contribution in [0.1, 0.15) is 42.2 Å². The number of likely N-dealkylation sites (tertiary alicyclic amines) is 1. The highest BCUT2D eigenvalue weighted by Crippen LogP contribution is 2.38. The van der Waals surface area contributed by atoms with Crippen LogP contribution in [0.5, 0.6) is 0 Å². The van der Waals surface area contributed by atoms with Gasteiger partial charge < -0.3 is 14.8 Å². The van der Waals surface area contributed by atoms with E-state index in [0.717, 1.165) is 5.01 Å². The van der Waals surface area contributed by atoms with Crippen LogP contribution in [0, 0.1) is 5.92 Å². The molecule has 2 aromatic rings. The van der Waals surface area contributed by atoms with E-state index in [0.29, 0.717) is 38.2 Å². The van der Waals surface area contributed by atoms with E-state index in [9.17, 15) is 14.4 Å². The van der Waals surface area contributed by atoms with Crippen LogP contribution in [0.4, 0.5) is 4.79 Å². The van der Waals surface area contributed by atoms with E-state index in [4.69, 9.17) is 0 Å². The minimum Gasteiger partial charge on any atom is -0.357 e. The molecule has 2 fully saturated rings. The molecule has 2 aliphatic rings. The van der Waals surface area contributed by atoms with Gasteiger partial charge in [-0.2, -0.15) is 0 Å². The molecule has 4 rings (SSSR count). The number of H-pyrrole nitrogens is 1. The smallest absolute Gasteiger partial charge is 0.328 e. The summed E-state index contributed by atoms with van der Waals surface area (Å²) in [5.74, 6) is 0.00372. The molecule has 9 heteroatoms. The molecular formula is C20H25N5O3S. The highest BCUT2D eigenvalue weighted by molar-refractivity contribution is 7.09. The molecule has 4 amide bonds. The Morgan fingerprint density at radius 2 is 2.07 bits per heavy atom. The lowest BCUT2D eigenvalue weighted by Crippen LogP contribution is -2.58. The molecular weight excluding hydrogens is 390 g/mol. The summed E-state index contributed by atoms with van der Waals surface area (Å²) in [6, 6.07) is 3.29. The van der Waals surface area contributed by atoms with Gasteiger partial charge in [-0.05, 0) is 30.9 Å². The molecule has 2 saturated heterocycles. The molecule has 1 N–H and O–H groups in total. The number of nitrogens with zero attached hydrogens (tertiary/aromatic N) is 4. The van der Waals surface area contributed by atoms with Crippen molar-refractivity contribution in [3.63, 3.8) is 0 Å². The lowest BCUT2D eigenvalue weighted by Gasteiger charge is -2.42. The predicted octanol–water partition coefficient (Wildman–Crippen LogP) is 2.57. The molecule has 29 heavy (non-hydrogen) atoms. The number of aromatic amines is 1. The molecule has 1 spiro atoms. The van der Waals surface area contributed by atoms with Crippen LogP contribution in [0.25, 0.3) is 0 Å². The second kappa shape index (κ2) is 7.62. The molecule has 8 nitrogen and oxygen atoms in total. The summed E-state index contributed by atoms with van der Waals surface area (Å²) in [5.41, 5.74) is -0.329. The van der Waals surface area contributed by atoms with Crippen LogP contribution in [0.15, 0.2) is 29.9 Å². The van der Waals surface area contributed by atoms with Crippen molar-refractivity contribution in [2.45, 2.75) is 38.8 Å². The SMILES string of the molecule is CC(C)CN1C(=O)N(Cc2nccs2)C(=O)C12CCN(C(=O)c1ccc[nH]1)CC2. The third-order valence-corrected chi connectivity index (χ3v) is 6.42. The maximum Gasteiger partial charge on any atom is 0.328 e. The van der Waals surface area contributed by atoms with Crippen LogP contribution in [0.2, 0.25) is 0 Å². The quantitative estimate of drug-likeness (QED) is 0.760. The Hall–Kier alpha value is -2.68. The van der Waals surface area contributed by atoms with E-state index in [1.165, 1.54) is 16.2 Å². The topological polar surface area (TPSA) is 89.6 Å². The van der Waals surface area contributed by atoms with Crippen LogP contribution in [-0.2, 0) is 11.3 Å². The number of carbonyl (C=O) groups is 3. The number of hydrogen-bond acceptors (Lipinski definition) is 5. The number of hydrogen-bond donors (Lipinski definition) is 1. The van der Waals surface area contributed by atoms with Gasteiger partial charge in [0.15, 0.2) is 0 Å². The number of nitrogens with one attached hydrogen (secondary N) is 1. The van der Waals surface area contributed by atoms with Crippen molar-refractivity contribution in [3.05, 3.63) is 40.6 Å². The number of aromatic nitrogens is 2. The van der Waals surface area contributed by atoms with Crippen LogP contribution in [-0.4, -0.2) is 67.7 Å². The Labute approximate surface area is 173 Å². The zero-order valence-electron chi connectivity index (χ0n) is 16.6. The molecule has 2 aromatic heterocycles. The van der Waals surface area contributed by atoms with Gasteiger partial charge in [0, 0.05) is 37.4 Å². The molecule has 0 unspecified atom stereocenters. The fourth-order valence-corrected chi connectivity index (χ4v) is 4.81. The summed E-state index contributed by atoms with van der Waals surface area (Å²) in [7, 11) is 0. The first-order valence-electron chi connectivity index (χ1n) is 9.87. The lowest BCUT2D eigenvalue weighted by molar-refractivity contribution is -0.135. The van der Waals surface area contributed by atoms with Crippen LogP contribution < -0.4 is 0 Å². The Kier molecular flexibility index (Phi) is 5.16. The van der Waals surface area contributed by atoms with E-state index in [1.807, 2.05) is 19.2 Å². The fraction of sp³-hybridized carbons (Fsp3) is 0.500. The summed E-state index contributed by atoms with van der Waals surface area (Å²) in [5, 5.41) is 2.58. The molecule has 154 valence electrons. The maximum absolute atomic E-state index is 13.4. The highest BCUT2D eigenvalue weighted by atomic mass is 32.1. The second-order valence-electron chi connectivity index (χ2n) is 8.01. The average molecular weight is 416 g/mol. The van der Waals surface area contributed by atoms with Gasteiger partial charge in [-0.3, -0.25) is 14.5 Å². The molecule has 0 aromatic carbocycles. The van der Waals surface area contributed by atoms with Gasteiger partial charge in [-0.25, -0.2) is 9.78 Å². The standard InChI is InChI=1S/C20H25N5O3S/c1-14(2)12-25-19(28)24(13-16-22-8-11-29-16)18(27)20(25)5-9-23(10-6-20)17(26)15-4-3-7-21-15/h3-4,7-8,11,14,21H,5-6,9-10,12-13H2,1-2H3. The summed E-state index contributed by atoms with van der Waals surface area (Å²) >= 11 is 1.43. The number of amides is 4. The monoisotopic (exact) mass is 415 g/mol. The summed E-state index contributed by atoms with van der Waals surface area (Å²) in [4.78, 5) is 51.3. The summed E-state index contributed by atoms with van der Waals surface area (Å²) < 4.78 is 0. The van der Waals surface area contributed by atoms with Crippen molar-refractivity contribution in [1.29, 1.82) is 0 Å². The van der Waals surface area contributed by atoms with Gasteiger partial charge in [0.25, 0.3) is 11.8 Å². The van der Waals surface area contributed by atoms with Crippen LogP contribution in [0.3, 0.4) is 0 Å². The first kappa shape index (κ1) is 19.6. The van der Waals surface area contributed by atoms with E-state index >= 15 is 0 Å². The van der Waals surface area contributed by atoms with Gasteiger partial charge in [0.2, 0.25) is 0 Å². The van der Waals surface area contributed by atoms with E-state index in [2.05, 4.69) is 9.97 Å². The van der Waals surface area contributed by atoms with E-state index in [-0.39, 0.29) is 30.3 Å². The normalized spacial score (nSPS) is 19.1. The van der Waals surface area contributed by atoms with Crippen molar-refractivity contribution in [2.75, 3.05) is 19.6 Å². The van der Waals surface area contributed by atoms with Crippen LogP contribution >= 0.6 is 11.3 Å². The fourth-order valence-electron chi connectivity index (χ4n) is 4.20. The lowest BCUT2D eigenvalue weighted by atomic mass is 9.85. The number of thiazole rings is 1. The first-order valence-corrected chi connectivity index (χ1v) is 10.7. The third-order valence-electron chi connectivity index (χ3n) is 5.65. The number of urea groups is 1. The highest BCUT2D eigenvalue weighted by Gasteiger charge is 2.58. The van der Waals surface area contributed by atoms with Gasteiger partial charge in [-0.1, -0.05) is 13.8 Å². The van der Waals surface area contributed by atoms with Gasteiger partial charge in [0.1, 0.15) is 16.2 Å². The summed E-state index contributed by atoms with van der Waals surface area (Å²) in [6.07, 6.45) is 4.30. The van der Waals surface area contributed by atoms with Gasteiger partial charge in [-0.15, -0.1) is 11.3 Å². The molecule has 4 heterocycles. The molecule has 0 atom stereocenters. The number of piperidine rings is 1. The largest absolute Gasteiger partial charge is 0.357 e. The Morgan fingerprint density at radius 3 is 2.66 bits per heavy atom. The number of rotatable bonds is 5. The predicted molar refractivity (Wildman–Crippen MR) is 108 cm³/mol. The molecule has 0 aliphatic carbocycles. The van der Waals surface area contributed by atoms with E-state index < -0.39 is 5.54 Å². The van der Waals surface area contributed by atoms with Crippen molar-refractivity contribution in [3.8, 4) is 0 Å². The summed E-state index contributed by atoms with van der Waals surface area (Å²) in [6.45, 7) is 5.69. The van der Waals surface area contributed by atoms with Gasteiger partial charge >= 0.3 is 6.03 Å². The minimum atomic E-state index is -0.870. The van der Waals surface area contributed by atoms with Crippen molar-refractivity contribution < 1.29 is 14.4 Å². The molecule has 0 saturated carbocycles. The zero-order chi connectivity index (χ0) is 20.6. The molecule has 0 radical (unpaired) electrons. The Morgan fingerprint density at radius 1 is 1.31 bits per heavy atom. The van der Waals surface area contributed by atoms with Crippen molar-refractivity contribution in [1.82, 2.24) is 24.7 Å². The molecule has 2 aliphatic heterocycles. The first-order chi connectivity index (χ1) is 13.9. The Balaban J connectivity index is 1.56.